The molecule has 160 valence electrons. The van der Waals surface area contributed by atoms with Crippen molar-refractivity contribution in [2.24, 2.45) is 0 Å². The maximum Gasteiger partial charge on any atom is 0.343 e. The first kappa shape index (κ1) is 22.9. The molecule has 0 saturated heterocycles. The Labute approximate surface area is 194 Å². The Morgan fingerprint density at radius 2 is 1.72 bits per heavy atom. The second-order valence-corrected chi connectivity index (χ2v) is 7.20. The molecule has 0 fully saturated rings. The molecule has 0 heterocycles. The zero-order valence-electron chi connectivity index (χ0n) is 16.8. The fraction of sp³-hybridized carbons (Fsp3) is 0.0417. The minimum atomic E-state index is -0.655. The SMILES string of the molecule is COc1ccc(C(=O)Oc2cccc(/C=C(\C#N)C(=O)Nc3cccc(Cl)c3Cl)c2)cc1. The molecule has 0 atom stereocenters. The molecule has 0 aliphatic rings. The molecule has 1 N–H and O–H groups in total. The highest BCUT2D eigenvalue weighted by molar-refractivity contribution is 6.44. The van der Waals surface area contributed by atoms with E-state index in [9.17, 15) is 14.9 Å². The van der Waals surface area contributed by atoms with E-state index in [1.807, 2.05) is 6.07 Å². The van der Waals surface area contributed by atoms with Gasteiger partial charge in [0.05, 0.1) is 28.4 Å². The van der Waals surface area contributed by atoms with E-state index < -0.39 is 11.9 Å². The predicted octanol–water partition coefficient (Wildman–Crippen LogP) is 5.77. The molecule has 0 aliphatic heterocycles. The van der Waals surface area contributed by atoms with Gasteiger partial charge in [-0.3, -0.25) is 4.79 Å². The lowest BCUT2D eigenvalue weighted by Crippen LogP contribution is -2.13. The number of esters is 1. The molecule has 3 aromatic carbocycles. The van der Waals surface area contributed by atoms with Crippen LogP contribution in [-0.2, 0) is 4.79 Å². The Hall–Kier alpha value is -3.79. The van der Waals surface area contributed by atoms with Gasteiger partial charge < -0.3 is 14.8 Å². The second kappa shape index (κ2) is 10.5. The van der Waals surface area contributed by atoms with Crippen LogP contribution in [0.15, 0.2) is 72.3 Å². The van der Waals surface area contributed by atoms with Crippen LogP contribution in [-0.4, -0.2) is 19.0 Å². The van der Waals surface area contributed by atoms with Gasteiger partial charge in [-0.2, -0.15) is 5.26 Å². The molecule has 3 aromatic rings. The molecule has 0 aliphatic carbocycles. The summed E-state index contributed by atoms with van der Waals surface area (Å²) in [4.78, 5) is 24.9. The Bertz CT molecular complexity index is 1230. The maximum atomic E-state index is 12.5. The van der Waals surface area contributed by atoms with Gasteiger partial charge in [-0.05, 0) is 60.2 Å². The number of carbonyl (C=O) groups excluding carboxylic acids is 2. The molecule has 32 heavy (non-hydrogen) atoms. The van der Waals surface area contributed by atoms with E-state index in [2.05, 4.69) is 5.32 Å². The Morgan fingerprint density at radius 1 is 1.00 bits per heavy atom. The molecule has 3 rings (SSSR count). The van der Waals surface area contributed by atoms with Crippen molar-refractivity contribution in [2.45, 2.75) is 0 Å². The van der Waals surface area contributed by atoms with Crippen LogP contribution in [0, 0.1) is 11.3 Å². The third-order valence-electron chi connectivity index (χ3n) is 4.27. The van der Waals surface area contributed by atoms with E-state index in [1.54, 1.807) is 66.7 Å². The van der Waals surface area contributed by atoms with Crippen LogP contribution in [0.4, 0.5) is 5.69 Å². The average molecular weight is 467 g/mol. The van der Waals surface area contributed by atoms with Crippen LogP contribution in [0.2, 0.25) is 10.0 Å². The number of benzene rings is 3. The molecule has 0 bridgehead atoms. The van der Waals surface area contributed by atoms with Gasteiger partial charge >= 0.3 is 5.97 Å². The Morgan fingerprint density at radius 3 is 2.41 bits per heavy atom. The molecular formula is C24H16Cl2N2O4. The molecule has 6 nitrogen and oxygen atoms in total. The van der Waals surface area contributed by atoms with Crippen molar-refractivity contribution in [3.8, 4) is 17.6 Å². The number of methoxy groups -OCH3 is 1. The van der Waals surface area contributed by atoms with Crippen LogP contribution >= 0.6 is 23.2 Å². The number of nitrogens with one attached hydrogen (secondary N) is 1. The van der Waals surface area contributed by atoms with Gasteiger partial charge in [0.1, 0.15) is 23.1 Å². The van der Waals surface area contributed by atoms with E-state index in [0.29, 0.717) is 16.9 Å². The lowest BCUT2D eigenvalue weighted by atomic mass is 10.1. The normalized spacial score (nSPS) is 10.8. The summed E-state index contributed by atoms with van der Waals surface area (Å²) < 4.78 is 10.5. The highest BCUT2D eigenvalue weighted by Crippen LogP contribution is 2.30. The van der Waals surface area contributed by atoms with Gasteiger partial charge in [0, 0.05) is 0 Å². The summed E-state index contributed by atoms with van der Waals surface area (Å²) in [7, 11) is 1.53. The maximum absolute atomic E-state index is 12.5. The van der Waals surface area contributed by atoms with Gasteiger partial charge in [-0.25, -0.2) is 4.79 Å². The number of hydrogen-bond donors (Lipinski definition) is 1. The van der Waals surface area contributed by atoms with Crippen molar-refractivity contribution in [1.29, 1.82) is 5.26 Å². The predicted molar refractivity (Wildman–Crippen MR) is 123 cm³/mol. The number of ether oxygens (including phenoxy) is 2. The third kappa shape index (κ3) is 5.67. The fourth-order valence-corrected chi connectivity index (χ4v) is 3.01. The summed E-state index contributed by atoms with van der Waals surface area (Å²) >= 11 is 12.0. The lowest BCUT2D eigenvalue weighted by Gasteiger charge is -2.08. The minimum absolute atomic E-state index is 0.167. The molecule has 0 radical (unpaired) electrons. The number of anilines is 1. The second-order valence-electron chi connectivity index (χ2n) is 6.42. The number of halogens is 2. The molecule has 0 aromatic heterocycles. The van der Waals surface area contributed by atoms with Crippen molar-refractivity contribution in [3.63, 3.8) is 0 Å². The van der Waals surface area contributed by atoms with E-state index in [1.165, 1.54) is 13.2 Å². The van der Waals surface area contributed by atoms with Gasteiger partial charge in [-0.15, -0.1) is 0 Å². The van der Waals surface area contributed by atoms with Crippen molar-refractivity contribution >= 4 is 46.8 Å². The number of nitrogens with zero attached hydrogens (tertiary/aromatic N) is 1. The van der Waals surface area contributed by atoms with Gasteiger partial charge in [0.25, 0.3) is 5.91 Å². The smallest absolute Gasteiger partial charge is 0.343 e. The standard InChI is InChI=1S/C24H16Cl2N2O4/c1-31-18-10-8-16(9-11-18)24(30)32-19-5-2-4-15(13-19)12-17(14-27)23(29)28-21-7-3-6-20(25)22(21)26/h2-13H,1H3,(H,28,29)/b17-12+. The summed E-state index contributed by atoms with van der Waals surface area (Å²) in [6, 6.07) is 19.6. The first-order valence-corrected chi connectivity index (χ1v) is 10.0. The molecule has 0 unspecified atom stereocenters. The highest BCUT2D eigenvalue weighted by Gasteiger charge is 2.14. The average Bonchev–Trinajstić information content (AvgIpc) is 2.80. The number of amides is 1. The van der Waals surface area contributed by atoms with E-state index >= 15 is 0 Å². The van der Waals surface area contributed by atoms with Gasteiger partial charge in [0.2, 0.25) is 0 Å². The van der Waals surface area contributed by atoms with Gasteiger partial charge in [-0.1, -0.05) is 41.4 Å². The van der Waals surface area contributed by atoms with Crippen LogP contribution < -0.4 is 14.8 Å². The minimum Gasteiger partial charge on any atom is -0.497 e. The number of hydrogen-bond acceptors (Lipinski definition) is 5. The van der Waals surface area contributed by atoms with Crippen LogP contribution in [0.25, 0.3) is 6.08 Å². The van der Waals surface area contributed by atoms with Crippen LogP contribution in [0.5, 0.6) is 11.5 Å². The zero-order valence-corrected chi connectivity index (χ0v) is 18.3. The summed E-state index contributed by atoms with van der Waals surface area (Å²) in [5.74, 6) is -0.329. The molecule has 0 saturated carbocycles. The van der Waals surface area contributed by atoms with Crippen molar-refractivity contribution in [1.82, 2.24) is 0 Å². The third-order valence-corrected chi connectivity index (χ3v) is 5.09. The zero-order chi connectivity index (χ0) is 23.1. The van der Waals surface area contributed by atoms with Crippen LogP contribution in [0.3, 0.4) is 0 Å². The van der Waals surface area contributed by atoms with Crippen molar-refractivity contribution in [3.05, 3.63) is 93.5 Å². The summed E-state index contributed by atoms with van der Waals surface area (Å²) in [6.07, 6.45) is 1.37. The first-order chi connectivity index (χ1) is 15.4. The van der Waals surface area contributed by atoms with Crippen LogP contribution in [0.1, 0.15) is 15.9 Å². The van der Waals surface area contributed by atoms with Crippen molar-refractivity contribution in [2.75, 3.05) is 12.4 Å². The van der Waals surface area contributed by atoms with Gasteiger partial charge in [0.15, 0.2) is 0 Å². The molecule has 1 amide bonds. The first-order valence-electron chi connectivity index (χ1n) is 9.24. The number of carbonyl (C=O) groups is 2. The highest BCUT2D eigenvalue weighted by atomic mass is 35.5. The Balaban J connectivity index is 1.76. The molecule has 0 spiro atoms. The number of nitriles is 1. The summed E-state index contributed by atoms with van der Waals surface area (Å²) in [5, 5.41) is 12.4. The topological polar surface area (TPSA) is 88.4 Å². The molecular weight excluding hydrogens is 451 g/mol. The summed E-state index contributed by atoms with van der Waals surface area (Å²) in [5.41, 5.74) is 0.961. The van der Waals surface area contributed by atoms with Crippen molar-refractivity contribution < 1.29 is 19.1 Å². The van der Waals surface area contributed by atoms with E-state index in [-0.39, 0.29) is 27.1 Å². The van der Waals surface area contributed by atoms with E-state index in [0.717, 1.165) is 0 Å². The summed E-state index contributed by atoms with van der Waals surface area (Å²) in [6.45, 7) is 0. The monoisotopic (exact) mass is 466 g/mol. The van der Waals surface area contributed by atoms with E-state index in [4.69, 9.17) is 32.7 Å². The lowest BCUT2D eigenvalue weighted by molar-refractivity contribution is -0.112. The largest absolute Gasteiger partial charge is 0.497 e. The fourth-order valence-electron chi connectivity index (χ4n) is 2.67. The Kier molecular flexibility index (Phi) is 7.50. The molecule has 8 heteroatoms. The number of rotatable bonds is 6. The quantitative estimate of drug-likeness (QED) is 0.215.